The summed E-state index contributed by atoms with van der Waals surface area (Å²) in [6.07, 6.45) is 3.96. The molecule has 0 aliphatic rings. The molecule has 0 radical (unpaired) electrons. The number of unbranched alkanes of at least 4 members (excludes halogenated alkanes) is 1. The zero-order valence-corrected chi connectivity index (χ0v) is 10.1. The second-order valence-electron chi connectivity index (χ2n) is 4.10. The summed E-state index contributed by atoms with van der Waals surface area (Å²) < 4.78 is 0. The predicted molar refractivity (Wildman–Crippen MR) is 64.0 cm³/mol. The molecular weight excluding hydrogens is 156 g/mol. The van der Waals surface area contributed by atoms with E-state index < -0.39 is 0 Å². The Morgan fingerprint density at radius 2 is 1.54 bits per heavy atom. The lowest BCUT2D eigenvalue weighted by Crippen LogP contribution is -1.93. The van der Waals surface area contributed by atoms with Crippen molar-refractivity contribution in [3.8, 4) is 0 Å². The number of hydrogen-bond donors (Lipinski definition) is 0. The summed E-state index contributed by atoms with van der Waals surface area (Å²) in [5, 5.41) is 0. The molecule has 0 aromatic heterocycles. The van der Waals surface area contributed by atoms with Crippen molar-refractivity contribution in [3.63, 3.8) is 0 Å². The van der Waals surface area contributed by atoms with Crippen molar-refractivity contribution in [1.82, 2.24) is 0 Å². The molecule has 0 saturated carbocycles. The first-order chi connectivity index (χ1) is 5.91. The Hall–Kier alpha value is -0.520. The summed E-state index contributed by atoms with van der Waals surface area (Å²) in [5.41, 5.74) is 2.49. The summed E-state index contributed by atoms with van der Waals surface area (Å²) in [5.74, 6) is 0.727. The highest BCUT2D eigenvalue weighted by Gasteiger charge is 1.99. The monoisotopic (exact) mass is 182 g/mol. The number of allylic oxidation sites excluding steroid dienone is 2. The fourth-order valence-corrected chi connectivity index (χ4v) is 0.757. The van der Waals surface area contributed by atoms with Crippen molar-refractivity contribution in [1.29, 1.82) is 0 Å². The SMILES string of the molecule is C=C(C)C.C=C(C)C(C)CCCC. The number of rotatable bonds is 4. The van der Waals surface area contributed by atoms with Crippen molar-refractivity contribution in [2.45, 2.75) is 53.9 Å². The van der Waals surface area contributed by atoms with Gasteiger partial charge in [-0.2, -0.15) is 0 Å². The van der Waals surface area contributed by atoms with Gasteiger partial charge in [0.2, 0.25) is 0 Å². The summed E-state index contributed by atoms with van der Waals surface area (Å²) in [6.45, 7) is 18.0. The van der Waals surface area contributed by atoms with E-state index in [1.807, 2.05) is 13.8 Å². The molecule has 0 bridgehead atoms. The second kappa shape index (κ2) is 9.57. The topological polar surface area (TPSA) is 0 Å². The molecule has 0 heteroatoms. The third-order valence-electron chi connectivity index (χ3n) is 1.83. The maximum atomic E-state index is 3.91. The van der Waals surface area contributed by atoms with Gasteiger partial charge in [0.15, 0.2) is 0 Å². The lowest BCUT2D eigenvalue weighted by Gasteiger charge is -2.08. The van der Waals surface area contributed by atoms with Gasteiger partial charge in [-0.15, -0.1) is 6.58 Å². The molecule has 0 amide bonds. The van der Waals surface area contributed by atoms with Gasteiger partial charge in [0.05, 0.1) is 0 Å². The third-order valence-corrected chi connectivity index (χ3v) is 1.83. The first-order valence-electron chi connectivity index (χ1n) is 5.19. The molecule has 13 heavy (non-hydrogen) atoms. The van der Waals surface area contributed by atoms with Crippen LogP contribution in [-0.4, -0.2) is 0 Å². The molecule has 0 aromatic carbocycles. The molecule has 0 saturated heterocycles. The van der Waals surface area contributed by atoms with Gasteiger partial charge in [0, 0.05) is 0 Å². The summed E-state index contributed by atoms with van der Waals surface area (Å²) in [4.78, 5) is 0. The minimum atomic E-state index is 0.727. The normalized spacial score (nSPS) is 11.2. The van der Waals surface area contributed by atoms with Gasteiger partial charge in [0.25, 0.3) is 0 Å². The molecule has 78 valence electrons. The van der Waals surface area contributed by atoms with Crippen LogP contribution >= 0.6 is 0 Å². The molecule has 1 atom stereocenters. The zero-order chi connectivity index (χ0) is 10.9. The summed E-state index contributed by atoms with van der Waals surface area (Å²) >= 11 is 0. The van der Waals surface area contributed by atoms with E-state index in [0.717, 1.165) is 5.92 Å². The maximum absolute atomic E-state index is 3.91. The molecule has 0 heterocycles. The molecular formula is C13H26. The van der Waals surface area contributed by atoms with E-state index in [2.05, 4.69) is 33.9 Å². The highest BCUT2D eigenvalue weighted by molar-refractivity contribution is 4.93. The Labute approximate surface area is 84.7 Å². The van der Waals surface area contributed by atoms with Gasteiger partial charge >= 0.3 is 0 Å². The van der Waals surface area contributed by atoms with E-state index in [9.17, 15) is 0 Å². The molecule has 1 unspecified atom stereocenters. The molecule has 0 aliphatic heterocycles. The maximum Gasteiger partial charge on any atom is -0.0237 e. The first kappa shape index (κ1) is 15.0. The smallest absolute Gasteiger partial charge is 0.0237 e. The lowest BCUT2D eigenvalue weighted by molar-refractivity contribution is 0.573. The van der Waals surface area contributed by atoms with Crippen LogP contribution in [0.15, 0.2) is 24.3 Å². The van der Waals surface area contributed by atoms with E-state index in [4.69, 9.17) is 0 Å². The van der Waals surface area contributed by atoms with Crippen molar-refractivity contribution >= 4 is 0 Å². The van der Waals surface area contributed by atoms with E-state index >= 15 is 0 Å². The molecule has 0 nitrogen and oxygen atoms in total. The van der Waals surface area contributed by atoms with E-state index in [-0.39, 0.29) is 0 Å². The summed E-state index contributed by atoms with van der Waals surface area (Å²) in [6, 6.07) is 0. The van der Waals surface area contributed by atoms with Gasteiger partial charge < -0.3 is 0 Å². The van der Waals surface area contributed by atoms with E-state index in [1.165, 1.54) is 30.4 Å². The summed E-state index contributed by atoms with van der Waals surface area (Å²) in [7, 11) is 0. The zero-order valence-electron chi connectivity index (χ0n) is 10.1. The standard InChI is InChI=1S/C9H18.C4H8/c1-5-6-7-9(4)8(2)3;1-4(2)3/h9H,2,5-7H2,1,3-4H3;1H2,2-3H3. The van der Waals surface area contributed by atoms with Crippen LogP contribution in [0.25, 0.3) is 0 Å². The Balaban J connectivity index is 0. The molecule has 0 rings (SSSR count). The predicted octanol–water partition coefficient (Wildman–Crippen LogP) is 4.97. The van der Waals surface area contributed by atoms with Crippen LogP contribution in [0.2, 0.25) is 0 Å². The minimum Gasteiger partial charge on any atom is -0.100 e. The van der Waals surface area contributed by atoms with Crippen LogP contribution in [0, 0.1) is 5.92 Å². The average molecular weight is 182 g/mol. The van der Waals surface area contributed by atoms with Crippen LogP contribution in [0.5, 0.6) is 0 Å². The number of hydrogen-bond acceptors (Lipinski definition) is 0. The Morgan fingerprint density at radius 1 is 1.15 bits per heavy atom. The van der Waals surface area contributed by atoms with Crippen molar-refractivity contribution < 1.29 is 0 Å². The van der Waals surface area contributed by atoms with Gasteiger partial charge in [-0.1, -0.05) is 44.4 Å². The van der Waals surface area contributed by atoms with Crippen LogP contribution in [0.1, 0.15) is 53.9 Å². The van der Waals surface area contributed by atoms with Gasteiger partial charge in [-0.25, -0.2) is 0 Å². The van der Waals surface area contributed by atoms with Gasteiger partial charge in [0.1, 0.15) is 0 Å². The van der Waals surface area contributed by atoms with Crippen molar-refractivity contribution in [3.05, 3.63) is 24.3 Å². The average Bonchev–Trinajstić information content (AvgIpc) is 1.98. The molecule has 0 fully saturated rings. The van der Waals surface area contributed by atoms with Crippen LogP contribution in [-0.2, 0) is 0 Å². The molecule has 0 spiro atoms. The van der Waals surface area contributed by atoms with Crippen LogP contribution in [0.4, 0.5) is 0 Å². The van der Waals surface area contributed by atoms with Gasteiger partial charge in [-0.05, 0) is 33.1 Å². The van der Waals surface area contributed by atoms with Crippen LogP contribution < -0.4 is 0 Å². The van der Waals surface area contributed by atoms with E-state index in [0.29, 0.717) is 0 Å². The highest BCUT2D eigenvalue weighted by Crippen LogP contribution is 2.14. The van der Waals surface area contributed by atoms with Crippen LogP contribution in [0.3, 0.4) is 0 Å². The fourth-order valence-electron chi connectivity index (χ4n) is 0.757. The highest BCUT2D eigenvalue weighted by atomic mass is 14.0. The molecule has 0 aromatic rings. The molecule has 0 aliphatic carbocycles. The Bertz CT molecular complexity index is 138. The first-order valence-corrected chi connectivity index (χ1v) is 5.19. The largest absolute Gasteiger partial charge is 0.100 e. The minimum absolute atomic E-state index is 0.727. The quantitative estimate of drug-likeness (QED) is 0.538. The van der Waals surface area contributed by atoms with E-state index in [1.54, 1.807) is 0 Å². The van der Waals surface area contributed by atoms with Crippen molar-refractivity contribution in [2.75, 3.05) is 0 Å². The second-order valence-corrected chi connectivity index (χ2v) is 4.10. The fraction of sp³-hybridized carbons (Fsp3) is 0.692. The molecule has 0 N–H and O–H groups in total. The Kier molecular flexibility index (Phi) is 11.0. The lowest BCUT2D eigenvalue weighted by atomic mass is 9.98. The Morgan fingerprint density at radius 3 is 1.77 bits per heavy atom. The van der Waals surface area contributed by atoms with Crippen molar-refractivity contribution in [2.24, 2.45) is 5.92 Å². The third kappa shape index (κ3) is 18.4. The van der Waals surface area contributed by atoms with Gasteiger partial charge in [-0.3, -0.25) is 0 Å².